The number of carbonyl (C=O) groups is 1. The number of carbonyl (C=O) groups excluding carboxylic acids is 1. The van der Waals surface area contributed by atoms with Crippen molar-refractivity contribution in [2.75, 3.05) is 7.11 Å². The second-order valence-corrected chi connectivity index (χ2v) is 3.59. The average molecular weight is 238 g/mol. The maximum atomic E-state index is 11.1. The molecular weight excluding hydrogens is 220 g/mol. The lowest BCUT2D eigenvalue weighted by atomic mass is 10.2. The van der Waals surface area contributed by atoms with E-state index in [1.165, 1.54) is 0 Å². The van der Waals surface area contributed by atoms with Crippen molar-refractivity contribution < 1.29 is 14.3 Å². The van der Waals surface area contributed by atoms with Gasteiger partial charge in [0.1, 0.15) is 11.5 Å². The van der Waals surface area contributed by atoms with E-state index in [2.05, 4.69) is 0 Å². The highest BCUT2D eigenvalue weighted by atomic mass is 16.5. The lowest BCUT2D eigenvalue weighted by Crippen LogP contribution is -2.33. The number of nitrogens with two attached hydrogens (primary N) is 2. The standard InChI is InChI=1S/C12H18N2O3/c1-3-10(12(14)15)17-11-6-9(16-2)5-4-8(11)7-13/h4-6,10H,3,7,13H2,1-2H3,(H2,14,15). The highest BCUT2D eigenvalue weighted by molar-refractivity contribution is 5.79. The summed E-state index contributed by atoms with van der Waals surface area (Å²) < 4.78 is 10.6. The zero-order valence-electron chi connectivity index (χ0n) is 10.1. The van der Waals surface area contributed by atoms with Crippen molar-refractivity contribution in [2.45, 2.75) is 26.0 Å². The molecule has 0 aliphatic carbocycles. The van der Waals surface area contributed by atoms with Crippen molar-refractivity contribution >= 4 is 5.91 Å². The first-order valence-corrected chi connectivity index (χ1v) is 5.45. The second-order valence-electron chi connectivity index (χ2n) is 3.59. The van der Waals surface area contributed by atoms with Gasteiger partial charge in [0.2, 0.25) is 0 Å². The molecule has 0 radical (unpaired) electrons. The minimum Gasteiger partial charge on any atom is -0.497 e. The Balaban J connectivity index is 2.97. The van der Waals surface area contributed by atoms with E-state index < -0.39 is 12.0 Å². The van der Waals surface area contributed by atoms with E-state index in [0.29, 0.717) is 24.5 Å². The molecule has 1 rings (SSSR count). The minimum absolute atomic E-state index is 0.328. The zero-order chi connectivity index (χ0) is 12.8. The molecule has 0 fully saturated rings. The largest absolute Gasteiger partial charge is 0.497 e. The van der Waals surface area contributed by atoms with Crippen LogP contribution in [0.3, 0.4) is 0 Å². The Morgan fingerprint density at radius 1 is 1.47 bits per heavy atom. The molecular formula is C12H18N2O3. The Morgan fingerprint density at radius 3 is 2.65 bits per heavy atom. The van der Waals surface area contributed by atoms with Gasteiger partial charge in [0.15, 0.2) is 6.10 Å². The molecule has 0 spiro atoms. The number of amides is 1. The highest BCUT2D eigenvalue weighted by Crippen LogP contribution is 2.25. The predicted octanol–water partition coefficient (Wildman–Crippen LogP) is 0.797. The van der Waals surface area contributed by atoms with Crippen molar-refractivity contribution in [3.63, 3.8) is 0 Å². The zero-order valence-corrected chi connectivity index (χ0v) is 10.1. The van der Waals surface area contributed by atoms with Crippen molar-refractivity contribution in [2.24, 2.45) is 11.5 Å². The van der Waals surface area contributed by atoms with Crippen LogP contribution in [0.1, 0.15) is 18.9 Å². The van der Waals surface area contributed by atoms with E-state index >= 15 is 0 Å². The fourth-order valence-electron chi connectivity index (χ4n) is 1.44. The molecule has 4 N–H and O–H groups in total. The van der Waals surface area contributed by atoms with E-state index in [1.807, 2.05) is 13.0 Å². The molecule has 0 aliphatic heterocycles. The summed E-state index contributed by atoms with van der Waals surface area (Å²) in [6.07, 6.45) is -0.135. The first-order valence-electron chi connectivity index (χ1n) is 5.45. The SMILES string of the molecule is CCC(Oc1cc(OC)ccc1CN)C(N)=O. The fourth-order valence-corrected chi connectivity index (χ4v) is 1.44. The van der Waals surface area contributed by atoms with Crippen LogP contribution >= 0.6 is 0 Å². The highest BCUT2D eigenvalue weighted by Gasteiger charge is 2.16. The van der Waals surface area contributed by atoms with Crippen LogP contribution in [0.15, 0.2) is 18.2 Å². The van der Waals surface area contributed by atoms with E-state index in [9.17, 15) is 4.79 Å². The van der Waals surface area contributed by atoms with Crippen LogP contribution in [0.4, 0.5) is 0 Å². The Morgan fingerprint density at radius 2 is 2.18 bits per heavy atom. The molecule has 0 aromatic heterocycles. The summed E-state index contributed by atoms with van der Waals surface area (Å²) in [5, 5.41) is 0. The quantitative estimate of drug-likeness (QED) is 0.767. The molecule has 1 aromatic rings. The summed E-state index contributed by atoms with van der Waals surface area (Å²) in [6, 6.07) is 5.30. The van der Waals surface area contributed by atoms with Crippen molar-refractivity contribution in [3.05, 3.63) is 23.8 Å². The Bertz CT molecular complexity index is 393. The van der Waals surface area contributed by atoms with Gasteiger partial charge < -0.3 is 20.9 Å². The molecule has 17 heavy (non-hydrogen) atoms. The van der Waals surface area contributed by atoms with Gasteiger partial charge in [-0.15, -0.1) is 0 Å². The molecule has 94 valence electrons. The third-order valence-corrected chi connectivity index (χ3v) is 2.45. The monoisotopic (exact) mass is 238 g/mol. The summed E-state index contributed by atoms with van der Waals surface area (Å²) in [5.74, 6) is 0.701. The van der Waals surface area contributed by atoms with Crippen LogP contribution in [-0.4, -0.2) is 19.1 Å². The third kappa shape index (κ3) is 3.35. The molecule has 5 heteroatoms. The van der Waals surface area contributed by atoms with Gasteiger partial charge in [0.05, 0.1) is 7.11 Å². The van der Waals surface area contributed by atoms with E-state index in [-0.39, 0.29) is 0 Å². The predicted molar refractivity (Wildman–Crippen MR) is 64.8 cm³/mol. The van der Waals surface area contributed by atoms with Crippen LogP contribution in [0.2, 0.25) is 0 Å². The Kier molecular flexibility index (Phi) is 4.78. The second kappa shape index (κ2) is 6.10. The van der Waals surface area contributed by atoms with Crippen molar-refractivity contribution in [1.29, 1.82) is 0 Å². The number of benzene rings is 1. The van der Waals surface area contributed by atoms with E-state index in [0.717, 1.165) is 5.56 Å². The lowest BCUT2D eigenvalue weighted by Gasteiger charge is -2.17. The minimum atomic E-state index is -0.646. The van der Waals surface area contributed by atoms with Crippen LogP contribution in [0.5, 0.6) is 11.5 Å². The summed E-state index contributed by atoms with van der Waals surface area (Å²) in [4.78, 5) is 11.1. The average Bonchev–Trinajstić information content (AvgIpc) is 2.35. The van der Waals surface area contributed by atoms with Gasteiger partial charge in [-0.1, -0.05) is 13.0 Å². The van der Waals surface area contributed by atoms with Crippen molar-refractivity contribution in [3.8, 4) is 11.5 Å². The molecule has 1 aromatic carbocycles. The maximum absolute atomic E-state index is 11.1. The fraction of sp³-hybridized carbons (Fsp3) is 0.417. The molecule has 5 nitrogen and oxygen atoms in total. The number of primary amides is 1. The lowest BCUT2D eigenvalue weighted by molar-refractivity contribution is -0.124. The number of hydrogen-bond acceptors (Lipinski definition) is 4. The summed E-state index contributed by atoms with van der Waals surface area (Å²) in [7, 11) is 1.56. The molecule has 1 unspecified atom stereocenters. The van der Waals surface area contributed by atoms with Gasteiger partial charge in [-0.2, -0.15) is 0 Å². The summed E-state index contributed by atoms with van der Waals surface area (Å²) in [5.41, 5.74) is 11.6. The topological polar surface area (TPSA) is 87.6 Å². The first-order chi connectivity index (χ1) is 8.12. The number of hydrogen-bond donors (Lipinski definition) is 2. The summed E-state index contributed by atoms with van der Waals surface area (Å²) in [6.45, 7) is 2.16. The molecule has 0 bridgehead atoms. The molecule has 0 aliphatic rings. The molecule has 0 saturated heterocycles. The smallest absolute Gasteiger partial charge is 0.258 e. The van der Waals surface area contributed by atoms with Gasteiger partial charge in [-0.25, -0.2) is 0 Å². The number of ether oxygens (including phenoxy) is 2. The van der Waals surface area contributed by atoms with Gasteiger partial charge in [-0.3, -0.25) is 4.79 Å². The van der Waals surface area contributed by atoms with Gasteiger partial charge >= 0.3 is 0 Å². The Labute approximate surface area is 101 Å². The number of rotatable bonds is 6. The van der Waals surface area contributed by atoms with Crippen LogP contribution in [0, 0.1) is 0 Å². The van der Waals surface area contributed by atoms with E-state index in [4.69, 9.17) is 20.9 Å². The van der Waals surface area contributed by atoms with Gasteiger partial charge in [0.25, 0.3) is 5.91 Å². The molecule has 1 amide bonds. The third-order valence-electron chi connectivity index (χ3n) is 2.45. The Hall–Kier alpha value is -1.75. The summed E-state index contributed by atoms with van der Waals surface area (Å²) >= 11 is 0. The number of methoxy groups -OCH3 is 1. The van der Waals surface area contributed by atoms with E-state index in [1.54, 1.807) is 19.2 Å². The van der Waals surface area contributed by atoms with Crippen LogP contribution < -0.4 is 20.9 Å². The normalized spacial score (nSPS) is 11.9. The van der Waals surface area contributed by atoms with Crippen LogP contribution in [0.25, 0.3) is 0 Å². The van der Waals surface area contributed by atoms with Gasteiger partial charge in [-0.05, 0) is 12.5 Å². The van der Waals surface area contributed by atoms with Crippen LogP contribution in [-0.2, 0) is 11.3 Å². The van der Waals surface area contributed by atoms with Gasteiger partial charge in [0, 0.05) is 18.2 Å². The maximum Gasteiger partial charge on any atom is 0.258 e. The molecule has 1 atom stereocenters. The first kappa shape index (κ1) is 13.3. The molecule has 0 heterocycles. The van der Waals surface area contributed by atoms with Crippen molar-refractivity contribution in [1.82, 2.24) is 0 Å². The molecule has 0 saturated carbocycles.